The first-order chi connectivity index (χ1) is 10.6. The molecule has 2 N–H and O–H groups in total. The molecule has 0 unspecified atom stereocenters. The standard InChI is InChI=1S/C16H33FN2O2S/c17-12-15-19(14-9-4-2-1-3-8-13-18)22(20,21)16-10-6-5-7-11-16/h16H,1-15,18H2. The Hall–Kier alpha value is -0.200. The monoisotopic (exact) mass is 336 g/mol. The lowest BCUT2D eigenvalue weighted by atomic mass is 10.0. The molecule has 0 aromatic carbocycles. The first-order valence-corrected chi connectivity index (χ1v) is 10.4. The molecule has 0 saturated heterocycles. The molecule has 0 radical (unpaired) electrons. The summed E-state index contributed by atoms with van der Waals surface area (Å²) in [5, 5.41) is -0.280. The molecule has 1 rings (SSSR count). The zero-order valence-electron chi connectivity index (χ0n) is 13.8. The molecule has 132 valence electrons. The van der Waals surface area contributed by atoms with E-state index in [2.05, 4.69) is 0 Å². The van der Waals surface area contributed by atoms with Gasteiger partial charge in [-0.2, -0.15) is 4.31 Å². The molecule has 22 heavy (non-hydrogen) atoms. The lowest BCUT2D eigenvalue weighted by Crippen LogP contribution is -2.41. The van der Waals surface area contributed by atoms with E-state index in [1.165, 1.54) is 4.31 Å². The highest BCUT2D eigenvalue weighted by Gasteiger charge is 2.32. The van der Waals surface area contributed by atoms with E-state index < -0.39 is 16.7 Å². The van der Waals surface area contributed by atoms with Crippen molar-refractivity contribution in [2.24, 2.45) is 5.73 Å². The van der Waals surface area contributed by atoms with Crippen LogP contribution in [0.4, 0.5) is 4.39 Å². The van der Waals surface area contributed by atoms with E-state index in [0.29, 0.717) is 6.54 Å². The quantitative estimate of drug-likeness (QED) is 0.557. The lowest BCUT2D eigenvalue weighted by molar-refractivity contribution is 0.338. The number of hydrogen-bond donors (Lipinski definition) is 1. The van der Waals surface area contributed by atoms with Gasteiger partial charge in [0, 0.05) is 13.1 Å². The van der Waals surface area contributed by atoms with Gasteiger partial charge >= 0.3 is 0 Å². The van der Waals surface area contributed by atoms with E-state index in [1.54, 1.807) is 0 Å². The van der Waals surface area contributed by atoms with Crippen LogP contribution in [0.3, 0.4) is 0 Å². The lowest BCUT2D eigenvalue weighted by Gasteiger charge is -2.29. The molecule has 1 aliphatic rings. The van der Waals surface area contributed by atoms with Crippen LogP contribution in [-0.4, -0.2) is 44.3 Å². The second kappa shape index (κ2) is 11.4. The van der Waals surface area contributed by atoms with Crippen molar-refractivity contribution < 1.29 is 12.8 Å². The molecule has 6 heteroatoms. The van der Waals surface area contributed by atoms with Gasteiger partial charge in [0.2, 0.25) is 10.0 Å². The second-order valence-corrected chi connectivity index (χ2v) is 8.52. The van der Waals surface area contributed by atoms with Crippen LogP contribution in [0.2, 0.25) is 0 Å². The fourth-order valence-electron chi connectivity index (χ4n) is 3.17. The van der Waals surface area contributed by atoms with Crippen LogP contribution in [0, 0.1) is 0 Å². The number of unbranched alkanes of at least 4 members (excludes halogenated alkanes) is 5. The molecule has 0 aliphatic heterocycles. The van der Waals surface area contributed by atoms with Gasteiger partial charge in [-0.25, -0.2) is 12.8 Å². The summed E-state index contributed by atoms with van der Waals surface area (Å²) in [7, 11) is -3.31. The molecule has 0 aromatic rings. The molecule has 0 atom stereocenters. The smallest absolute Gasteiger partial charge is 0.217 e. The Morgan fingerprint density at radius 3 is 2.09 bits per heavy atom. The van der Waals surface area contributed by atoms with Gasteiger partial charge in [0.25, 0.3) is 0 Å². The molecule has 0 aromatic heterocycles. The summed E-state index contributed by atoms with van der Waals surface area (Å²) in [5.74, 6) is 0. The summed E-state index contributed by atoms with van der Waals surface area (Å²) < 4.78 is 39.4. The van der Waals surface area contributed by atoms with Gasteiger partial charge in [-0.15, -0.1) is 0 Å². The van der Waals surface area contributed by atoms with Crippen molar-refractivity contribution in [2.75, 3.05) is 26.3 Å². The maximum atomic E-state index is 12.7. The molecule has 1 aliphatic carbocycles. The maximum absolute atomic E-state index is 12.7. The Balaban J connectivity index is 2.36. The largest absolute Gasteiger partial charge is 0.330 e. The fraction of sp³-hybridized carbons (Fsp3) is 1.00. The zero-order chi connectivity index (χ0) is 16.3. The van der Waals surface area contributed by atoms with Gasteiger partial charge in [0.05, 0.1) is 5.25 Å². The number of halogens is 1. The number of rotatable bonds is 12. The SMILES string of the molecule is NCCCCCCCCN(CCF)S(=O)(=O)C1CCCCC1. The van der Waals surface area contributed by atoms with Crippen LogP contribution in [0.1, 0.15) is 70.6 Å². The number of hydrogen-bond acceptors (Lipinski definition) is 3. The van der Waals surface area contributed by atoms with Crippen molar-refractivity contribution in [1.82, 2.24) is 4.31 Å². The first-order valence-electron chi connectivity index (χ1n) is 8.88. The Labute approximate surface area is 135 Å². The Bertz CT molecular complexity index is 370. The third-order valence-corrected chi connectivity index (χ3v) is 6.93. The van der Waals surface area contributed by atoms with Crippen molar-refractivity contribution >= 4 is 10.0 Å². The third-order valence-electron chi connectivity index (χ3n) is 4.53. The highest BCUT2D eigenvalue weighted by molar-refractivity contribution is 7.89. The molecule has 0 bridgehead atoms. The maximum Gasteiger partial charge on any atom is 0.217 e. The van der Waals surface area contributed by atoms with Crippen LogP contribution in [0.25, 0.3) is 0 Å². The summed E-state index contributed by atoms with van der Waals surface area (Å²) in [6.07, 6.45) is 10.9. The highest BCUT2D eigenvalue weighted by atomic mass is 32.2. The molecule has 1 saturated carbocycles. The average Bonchev–Trinajstić information content (AvgIpc) is 2.53. The van der Waals surface area contributed by atoms with Gasteiger partial charge in [0.15, 0.2) is 0 Å². The van der Waals surface area contributed by atoms with Gasteiger partial charge in [-0.05, 0) is 32.2 Å². The summed E-state index contributed by atoms with van der Waals surface area (Å²) >= 11 is 0. The van der Waals surface area contributed by atoms with Crippen LogP contribution in [-0.2, 0) is 10.0 Å². The first kappa shape index (κ1) is 19.8. The van der Waals surface area contributed by atoms with E-state index in [1.807, 2.05) is 0 Å². The molecule has 0 amide bonds. The molecule has 0 heterocycles. The van der Waals surface area contributed by atoms with Gasteiger partial charge in [-0.3, -0.25) is 0 Å². The Morgan fingerprint density at radius 2 is 1.50 bits per heavy atom. The summed E-state index contributed by atoms with van der Waals surface area (Å²) in [5.41, 5.74) is 5.45. The predicted octanol–water partition coefficient (Wildman–Crippen LogP) is 3.22. The normalized spacial score (nSPS) is 17.2. The molecular weight excluding hydrogens is 303 g/mol. The Kier molecular flexibility index (Phi) is 10.2. The van der Waals surface area contributed by atoms with Crippen molar-refractivity contribution in [3.63, 3.8) is 0 Å². The molecule has 0 spiro atoms. The number of sulfonamides is 1. The molecule has 1 fully saturated rings. The van der Waals surface area contributed by atoms with Crippen LogP contribution >= 0.6 is 0 Å². The van der Waals surface area contributed by atoms with E-state index in [0.717, 1.165) is 77.2 Å². The fourth-order valence-corrected chi connectivity index (χ4v) is 5.23. The predicted molar refractivity (Wildman–Crippen MR) is 90.1 cm³/mol. The van der Waals surface area contributed by atoms with Gasteiger partial charge in [-0.1, -0.05) is 44.9 Å². The van der Waals surface area contributed by atoms with E-state index >= 15 is 0 Å². The van der Waals surface area contributed by atoms with Crippen molar-refractivity contribution in [2.45, 2.75) is 75.9 Å². The van der Waals surface area contributed by atoms with E-state index in [4.69, 9.17) is 5.73 Å². The highest BCUT2D eigenvalue weighted by Crippen LogP contribution is 2.26. The molecular formula is C16H33FN2O2S. The average molecular weight is 337 g/mol. The van der Waals surface area contributed by atoms with Gasteiger partial charge < -0.3 is 5.73 Å². The van der Waals surface area contributed by atoms with Crippen LogP contribution < -0.4 is 5.73 Å². The number of alkyl halides is 1. The Morgan fingerprint density at radius 1 is 0.909 bits per heavy atom. The van der Waals surface area contributed by atoms with Crippen LogP contribution in [0.15, 0.2) is 0 Å². The van der Waals surface area contributed by atoms with Crippen molar-refractivity contribution in [3.8, 4) is 0 Å². The minimum atomic E-state index is -3.31. The van der Waals surface area contributed by atoms with E-state index in [-0.39, 0.29) is 11.8 Å². The second-order valence-electron chi connectivity index (χ2n) is 6.30. The summed E-state index contributed by atoms with van der Waals surface area (Å²) in [6.45, 7) is 0.637. The van der Waals surface area contributed by atoms with Crippen molar-refractivity contribution in [1.29, 1.82) is 0 Å². The summed E-state index contributed by atoms with van der Waals surface area (Å²) in [4.78, 5) is 0. The van der Waals surface area contributed by atoms with Crippen LogP contribution in [0.5, 0.6) is 0 Å². The minimum absolute atomic E-state index is 0.0198. The molecule has 4 nitrogen and oxygen atoms in total. The number of nitrogens with two attached hydrogens (primary N) is 1. The van der Waals surface area contributed by atoms with Crippen molar-refractivity contribution in [3.05, 3.63) is 0 Å². The van der Waals surface area contributed by atoms with E-state index in [9.17, 15) is 12.8 Å². The summed E-state index contributed by atoms with van der Waals surface area (Å²) in [6, 6.07) is 0. The van der Waals surface area contributed by atoms with Gasteiger partial charge in [0.1, 0.15) is 6.67 Å². The third kappa shape index (κ3) is 6.92. The minimum Gasteiger partial charge on any atom is -0.330 e. The zero-order valence-corrected chi connectivity index (χ0v) is 14.6. The topological polar surface area (TPSA) is 63.4 Å². The number of nitrogens with zero attached hydrogens (tertiary/aromatic N) is 1.